The lowest BCUT2D eigenvalue weighted by Gasteiger charge is -2.06. The molecule has 0 unspecified atom stereocenters. The van der Waals surface area contributed by atoms with Gasteiger partial charge in [-0.05, 0) is 29.8 Å². The number of carbonyl (C=O) groups is 1. The van der Waals surface area contributed by atoms with Crippen LogP contribution in [0.3, 0.4) is 0 Å². The van der Waals surface area contributed by atoms with E-state index in [0.717, 1.165) is 11.4 Å². The molecule has 0 radical (unpaired) electrons. The van der Waals surface area contributed by atoms with Gasteiger partial charge in [0.15, 0.2) is 5.13 Å². The van der Waals surface area contributed by atoms with Crippen molar-refractivity contribution in [1.82, 2.24) is 9.97 Å². The van der Waals surface area contributed by atoms with Gasteiger partial charge in [-0.1, -0.05) is 18.2 Å². The molecule has 104 valence electrons. The summed E-state index contributed by atoms with van der Waals surface area (Å²) in [7, 11) is 0. The molecule has 0 aliphatic carbocycles. The van der Waals surface area contributed by atoms with Gasteiger partial charge in [-0.15, -0.1) is 11.3 Å². The maximum Gasteiger partial charge on any atom is 0.187 e. The minimum Gasteiger partial charge on any atom is -0.545 e. The number of nitrogens with one attached hydrogen (secondary N) is 1. The molecule has 0 fully saturated rings. The Morgan fingerprint density at radius 2 is 2.05 bits per heavy atom. The molecule has 2 aromatic heterocycles. The normalized spacial score (nSPS) is 10.3. The molecule has 0 amide bonds. The summed E-state index contributed by atoms with van der Waals surface area (Å²) in [5.74, 6) is -1.20. The van der Waals surface area contributed by atoms with Crippen molar-refractivity contribution in [2.45, 2.75) is 0 Å². The second-order valence-corrected chi connectivity index (χ2v) is 5.10. The molecule has 3 rings (SSSR count). The number of aromatic carboxylic acids is 1. The first kappa shape index (κ1) is 13.3. The first-order valence-corrected chi connectivity index (χ1v) is 7.06. The number of nitrogens with zero attached hydrogens (tertiary/aromatic N) is 2. The fourth-order valence-electron chi connectivity index (χ4n) is 1.81. The number of benzene rings is 1. The van der Waals surface area contributed by atoms with E-state index in [2.05, 4.69) is 15.3 Å². The van der Waals surface area contributed by atoms with Crippen molar-refractivity contribution in [2.75, 3.05) is 5.32 Å². The zero-order valence-electron chi connectivity index (χ0n) is 10.8. The predicted octanol–water partition coefficient (Wildman–Crippen LogP) is 2.31. The lowest BCUT2D eigenvalue weighted by molar-refractivity contribution is -0.255. The number of carboxylic acid groups (broad SMARTS) is 1. The van der Waals surface area contributed by atoms with Crippen molar-refractivity contribution in [3.63, 3.8) is 0 Å². The van der Waals surface area contributed by atoms with E-state index >= 15 is 0 Å². The van der Waals surface area contributed by atoms with Gasteiger partial charge in [0, 0.05) is 17.3 Å². The van der Waals surface area contributed by atoms with Crippen LogP contribution >= 0.6 is 11.3 Å². The molecule has 3 aromatic rings. The smallest absolute Gasteiger partial charge is 0.187 e. The number of aromatic nitrogens is 2. The SMILES string of the molecule is O=C([O-])c1cccc(Nc2nc(-c3ccccn3)cs2)c1. The standard InChI is InChI=1S/C15H11N3O2S/c19-14(20)10-4-3-5-11(8-10)17-15-18-13(9-21-15)12-6-1-2-7-16-12/h1-9H,(H,17,18)(H,19,20)/p-1. The third-order valence-electron chi connectivity index (χ3n) is 2.78. The van der Waals surface area contributed by atoms with Crippen molar-refractivity contribution < 1.29 is 9.90 Å². The molecule has 21 heavy (non-hydrogen) atoms. The molecular formula is C15H10N3O2S-. The van der Waals surface area contributed by atoms with E-state index in [1.54, 1.807) is 18.3 Å². The lowest BCUT2D eigenvalue weighted by Crippen LogP contribution is -2.22. The number of carboxylic acids is 1. The number of carbonyl (C=O) groups excluding carboxylic acids is 1. The average Bonchev–Trinajstić information content (AvgIpc) is 2.97. The minimum absolute atomic E-state index is 0.126. The molecule has 0 bridgehead atoms. The van der Waals surface area contributed by atoms with E-state index in [4.69, 9.17) is 0 Å². The third-order valence-corrected chi connectivity index (χ3v) is 3.54. The molecule has 0 aliphatic heterocycles. The van der Waals surface area contributed by atoms with E-state index < -0.39 is 5.97 Å². The van der Waals surface area contributed by atoms with Crippen LogP contribution in [0.2, 0.25) is 0 Å². The molecule has 1 N–H and O–H groups in total. The molecule has 0 atom stereocenters. The maximum absolute atomic E-state index is 10.8. The van der Waals surface area contributed by atoms with Crippen molar-refractivity contribution in [3.8, 4) is 11.4 Å². The monoisotopic (exact) mass is 296 g/mol. The fraction of sp³-hybridized carbons (Fsp3) is 0. The van der Waals surface area contributed by atoms with E-state index in [1.807, 2.05) is 23.6 Å². The zero-order chi connectivity index (χ0) is 14.7. The van der Waals surface area contributed by atoms with Gasteiger partial charge in [-0.2, -0.15) is 0 Å². The largest absolute Gasteiger partial charge is 0.545 e. The Bertz CT molecular complexity index is 771. The Kier molecular flexibility index (Phi) is 3.61. The van der Waals surface area contributed by atoms with Crippen LogP contribution in [0.15, 0.2) is 54.0 Å². The van der Waals surface area contributed by atoms with Crippen LogP contribution < -0.4 is 10.4 Å². The molecule has 0 saturated heterocycles. The van der Waals surface area contributed by atoms with Crippen LogP contribution in [0.5, 0.6) is 0 Å². The van der Waals surface area contributed by atoms with Gasteiger partial charge in [0.2, 0.25) is 0 Å². The number of hydrogen-bond donors (Lipinski definition) is 1. The molecule has 6 heteroatoms. The van der Waals surface area contributed by atoms with E-state index in [0.29, 0.717) is 10.8 Å². The highest BCUT2D eigenvalue weighted by Gasteiger charge is 2.06. The van der Waals surface area contributed by atoms with Gasteiger partial charge in [-0.3, -0.25) is 4.98 Å². The van der Waals surface area contributed by atoms with Crippen LogP contribution in [-0.4, -0.2) is 15.9 Å². The van der Waals surface area contributed by atoms with Crippen LogP contribution in [0, 0.1) is 0 Å². The third kappa shape index (κ3) is 3.06. The van der Waals surface area contributed by atoms with Crippen molar-refractivity contribution in [1.29, 1.82) is 0 Å². The van der Waals surface area contributed by atoms with Gasteiger partial charge in [0.05, 0.1) is 11.7 Å². The average molecular weight is 296 g/mol. The molecule has 1 aromatic carbocycles. The summed E-state index contributed by atoms with van der Waals surface area (Å²) in [6, 6.07) is 12.1. The van der Waals surface area contributed by atoms with E-state index in [9.17, 15) is 9.90 Å². The van der Waals surface area contributed by atoms with Gasteiger partial charge in [0.1, 0.15) is 5.69 Å². The number of rotatable bonds is 4. The van der Waals surface area contributed by atoms with Crippen LogP contribution in [-0.2, 0) is 0 Å². The summed E-state index contributed by atoms with van der Waals surface area (Å²) in [5.41, 5.74) is 2.35. The highest BCUT2D eigenvalue weighted by Crippen LogP contribution is 2.26. The molecule has 0 spiro atoms. The fourth-order valence-corrected chi connectivity index (χ4v) is 2.54. The van der Waals surface area contributed by atoms with Crippen molar-refractivity contribution in [3.05, 3.63) is 59.6 Å². The van der Waals surface area contributed by atoms with E-state index in [1.165, 1.54) is 23.5 Å². The summed E-state index contributed by atoms with van der Waals surface area (Å²) < 4.78 is 0. The molecule has 0 saturated carbocycles. The first-order valence-electron chi connectivity index (χ1n) is 6.18. The quantitative estimate of drug-likeness (QED) is 0.799. The summed E-state index contributed by atoms with van der Waals surface area (Å²) in [4.78, 5) is 19.5. The summed E-state index contributed by atoms with van der Waals surface area (Å²) >= 11 is 1.43. The van der Waals surface area contributed by atoms with Crippen LogP contribution in [0.4, 0.5) is 10.8 Å². The lowest BCUT2D eigenvalue weighted by atomic mass is 10.2. The Hall–Kier alpha value is -2.73. The number of pyridine rings is 1. The molecule has 5 nitrogen and oxygen atoms in total. The van der Waals surface area contributed by atoms with Crippen molar-refractivity contribution in [2.24, 2.45) is 0 Å². The van der Waals surface area contributed by atoms with Crippen LogP contribution in [0.1, 0.15) is 10.4 Å². The number of hydrogen-bond acceptors (Lipinski definition) is 6. The van der Waals surface area contributed by atoms with Gasteiger partial charge >= 0.3 is 0 Å². The Morgan fingerprint density at radius 3 is 2.81 bits per heavy atom. The van der Waals surface area contributed by atoms with Gasteiger partial charge < -0.3 is 15.2 Å². The molecular weight excluding hydrogens is 286 g/mol. The van der Waals surface area contributed by atoms with Crippen molar-refractivity contribution >= 4 is 28.1 Å². The Morgan fingerprint density at radius 1 is 1.14 bits per heavy atom. The zero-order valence-corrected chi connectivity index (χ0v) is 11.6. The van der Waals surface area contributed by atoms with Crippen LogP contribution in [0.25, 0.3) is 11.4 Å². The predicted molar refractivity (Wildman–Crippen MR) is 79.4 cm³/mol. The highest BCUT2D eigenvalue weighted by molar-refractivity contribution is 7.14. The summed E-state index contributed by atoms with van der Waals surface area (Å²) in [6.45, 7) is 0. The maximum atomic E-state index is 10.8. The molecule has 2 heterocycles. The second-order valence-electron chi connectivity index (χ2n) is 4.25. The molecule has 0 aliphatic rings. The summed E-state index contributed by atoms with van der Waals surface area (Å²) in [5, 5.41) is 16.5. The second kappa shape index (κ2) is 5.72. The number of anilines is 2. The van der Waals surface area contributed by atoms with Gasteiger partial charge in [0.25, 0.3) is 0 Å². The first-order chi connectivity index (χ1) is 10.2. The topological polar surface area (TPSA) is 77.9 Å². The minimum atomic E-state index is -1.20. The van der Waals surface area contributed by atoms with Gasteiger partial charge in [-0.25, -0.2) is 4.98 Å². The Labute approximate surface area is 124 Å². The van der Waals surface area contributed by atoms with E-state index in [-0.39, 0.29) is 5.56 Å². The summed E-state index contributed by atoms with van der Waals surface area (Å²) in [6.07, 6.45) is 1.71. The highest BCUT2D eigenvalue weighted by atomic mass is 32.1. The number of thiazole rings is 1. The Balaban J connectivity index is 1.82.